The van der Waals surface area contributed by atoms with Crippen molar-refractivity contribution in [1.29, 1.82) is 0 Å². The lowest BCUT2D eigenvalue weighted by Crippen LogP contribution is -2.31. The molecule has 0 aromatic heterocycles. The number of rotatable bonds is 9. The minimum absolute atomic E-state index is 0.238. The van der Waals surface area contributed by atoms with Crippen LogP contribution in [0, 0.1) is 0 Å². The third kappa shape index (κ3) is 5.79. The quantitative estimate of drug-likeness (QED) is 0.322. The highest BCUT2D eigenvalue weighted by molar-refractivity contribution is 7.99. The van der Waals surface area contributed by atoms with E-state index >= 15 is 0 Å². The molecule has 4 N–H and O–H groups in total. The maximum atomic E-state index is 10.3. The summed E-state index contributed by atoms with van der Waals surface area (Å²) in [6, 6.07) is 30.2. The van der Waals surface area contributed by atoms with Gasteiger partial charge in [0.1, 0.15) is 18.5 Å². The number of anilines is 1. The molecular formula is C26H26N2O2S. The molecule has 158 valence electrons. The molecule has 4 aromatic carbocycles. The van der Waals surface area contributed by atoms with E-state index < -0.39 is 6.10 Å². The number of aliphatic hydroxyl groups excluding tert-OH is 1. The van der Waals surface area contributed by atoms with Crippen molar-refractivity contribution >= 4 is 28.2 Å². The maximum Gasteiger partial charge on any atom is 0.120 e. The Bertz CT molecular complexity index is 1150. The van der Waals surface area contributed by atoms with E-state index in [9.17, 15) is 5.11 Å². The van der Waals surface area contributed by atoms with E-state index in [1.165, 1.54) is 10.9 Å². The van der Waals surface area contributed by atoms with E-state index in [2.05, 4.69) is 29.6 Å². The summed E-state index contributed by atoms with van der Waals surface area (Å²) >= 11 is 1.66. The molecule has 0 aliphatic rings. The standard InChI is InChI=1S/C26H26N2O2S/c27-24-10-4-6-12-26(24)31-25-11-5-3-9-21(25)16-28-17-22(29)18-30-23-14-13-19-7-1-2-8-20(19)15-23/h1-15,22,28-29H,16-18,27H2. The number of benzene rings is 4. The van der Waals surface area contributed by atoms with E-state index in [-0.39, 0.29) is 6.61 Å². The van der Waals surface area contributed by atoms with Crippen molar-refractivity contribution in [3.05, 3.63) is 96.6 Å². The smallest absolute Gasteiger partial charge is 0.120 e. The van der Waals surface area contributed by atoms with Crippen LogP contribution in [-0.4, -0.2) is 24.4 Å². The topological polar surface area (TPSA) is 67.5 Å². The van der Waals surface area contributed by atoms with E-state index in [1.54, 1.807) is 11.8 Å². The van der Waals surface area contributed by atoms with E-state index in [0.29, 0.717) is 13.1 Å². The van der Waals surface area contributed by atoms with Crippen molar-refractivity contribution in [1.82, 2.24) is 5.32 Å². The van der Waals surface area contributed by atoms with Gasteiger partial charge in [0.15, 0.2) is 0 Å². The highest BCUT2D eigenvalue weighted by atomic mass is 32.2. The molecule has 4 rings (SSSR count). The Labute approximate surface area is 187 Å². The number of ether oxygens (including phenoxy) is 1. The van der Waals surface area contributed by atoms with Gasteiger partial charge < -0.3 is 20.9 Å². The molecule has 0 saturated carbocycles. The molecule has 0 aliphatic heterocycles. The predicted molar refractivity (Wildman–Crippen MR) is 129 cm³/mol. The maximum absolute atomic E-state index is 10.3. The fourth-order valence-corrected chi connectivity index (χ4v) is 4.31. The van der Waals surface area contributed by atoms with Crippen LogP contribution >= 0.6 is 11.8 Å². The Balaban J connectivity index is 1.28. The summed E-state index contributed by atoms with van der Waals surface area (Å²) in [5.74, 6) is 0.764. The van der Waals surface area contributed by atoms with Gasteiger partial charge in [-0.2, -0.15) is 0 Å². The average Bonchev–Trinajstić information content (AvgIpc) is 2.80. The molecule has 0 saturated heterocycles. The first-order valence-corrected chi connectivity index (χ1v) is 11.1. The largest absolute Gasteiger partial charge is 0.491 e. The zero-order valence-corrected chi connectivity index (χ0v) is 18.0. The molecule has 1 atom stereocenters. The second kappa shape index (κ2) is 10.4. The Morgan fingerprint density at radius 3 is 2.39 bits per heavy atom. The van der Waals surface area contributed by atoms with Crippen molar-refractivity contribution < 1.29 is 9.84 Å². The fourth-order valence-electron chi connectivity index (χ4n) is 3.32. The highest BCUT2D eigenvalue weighted by Crippen LogP contribution is 2.33. The molecule has 0 spiro atoms. The second-order valence-electron chi connectivity index (χ2n) is 7.35. The Hall–Kier alpha value is -2.99. The first-order chi connectivity index (χ1) is 15.2. The van der Waals surface area contributed by atoms with Crippen LogP contribution in [0.4, 0.5) is 5.69 Å². The van der Waals surface area contributed by atoms with Gasteiger partial charge in [-0.05, 0) is 46.7 Å². The zero-order chi connectivity index (χ0) is 21.5. The summed E-state index contributed by atoms with van der Waals surface area (Å²) in [6.45, 7) is 1.34. The Morgan fingerprint density at radius 1 is 0.839 bits per heavy atom. The van der Waals surface area contributed by atoms with E-state index in [4.69, 9.17) is 10.5 Å². The summed E-state index contributed by atoms with van der Waals surface area (Å²) in [7, 11) is 0. The van der Waals surface area contributed by atoms with Crippen molar-refractivity contribution in [2.45, 2.75) is 22.4 Å². The molecule has 1 unspecified atom stereocenters. The van der Waals surface area contributed by atoms with Crippen molar-refractivity contribution in [2.24, 2.45) is 0 Å². The van der Waals surface area contributed by atoms with Crippen molar-refractivity contribution in [3.8, 4) is 5.75 Å². The first-order valence-electron chi connectivity index (χ1n) is 10.3. The Morgan fingerprint density at radius 2 is 1.55 bits per heavy atom. The van der Waals surface area contributed by atoms with Gasteiger partial charge in [0.25, 0.3) is 0 Å². The molecule has 0 heterocycles. The van der Waals surface area contributed by atoms with Gasteiger partial charge in [-0.15, -0.1) is 0 Å². The molecule has 4 aromatic rings. The molecule has 5 heteroatoms. The van der Waals surface area contributed by atoms with E-state index in [0.717, 1.165) is 26.6 Å². The molecule has 0 fully saturated rings. The third-order valence-electron chi connectivity index (χ3n) is 4.97. The number of aliphatic hydroxyl groups is 1. The van der Waals surface area contributed by atoms with Crippen LogP contribution < -0.4 is 15.8 Å². The number of hydrogen-bond donors (Lipinski definition) is 3. The average molecular weight is 431 g/mol. The molecule has 0 aliphatic carbocycles. The van der Waals surface area contributed by atoms with Crippen LogP contribution in [0.15, 0.2) is 101 Å². The molecule has 4 nitrogen and oxygen atoms in total. The third-order valence-corrected chi connectivity index (χ3v) is 6.18. The molecule has 0 bridgehead atoms. The van der Waals surface area contributed by atoms with Crippen LogP contribution in [0.2, 0.25) is 0 Å². The minimum atomic E-state index is -0.601. The number of hydrogen-bond acceptors (Lipinski definition) is 5. The number of nitrogen functional groups attached to an aromatic ring is 1. The van der Waals surface area contributed by atoms with Gasteiger partial charge in [0.2, 0.25) is 0 Å². The van der Waals surface area contributed by atoms with Crippen LogP contribution in [0.25, 0.3) is 10.8 Å². The second-order valence-corrected chi connectivity index (χ2v) is 8.44. The SMILES string of the molecule is Nc1ccccc1Sc1ccccc1CNCC(O)COc1ccc2ccccc2c1. The van der Waals surface area contributed by atoms with Gasteiger partial charge in [0.05, 0.1) is 0 Å². The van der Waals surface area contributed by atoms with Gasteiger partial charge in [-0.1, -0.05) is 72.4 Å². The zero-order valence-electron chi connectivity index (χ0n) is 17.2. The number of nitrogens with two attached hydrogens (primary N) is 1. The first kappa shape index (κ1) is 21.2. The molecular weight excluding hydrogens is 404 g/mol. The minimum Gasteiger partial charge on any atom is -0.491 e. The number of fused-ring (bicyclic) bond motifs is 1. The van der Waals surface area contributed by atoms with Crippen LogP contribution in [0.1, 0.15) is 5.56 Å². The lowest BCUT2D eigenvalue weighted by molar-refractivity contribution is 0.106. The number of nitrogens with one attached hydrogen (secondary N) is 1. The van der Waals surface area contributed by atoms with Crippen LogP contribution in [0.3, 0.4) is 0 Å². The van der Waals surface area contributed by atoms with Crippen LogP contribution in [0.5, 0.6) is 5.75 Å². The number of para-hydroxylation sites is 1. The van der Waals surface area contributed by atoms with Crippen LogP contribution in [-0.2, 0) is 6.54 Å². The predicted octanol–water partition coefficient (Wildman–Crippen LogP) is 5.10. The van der Waals surface area contributed by atoms with Gasteiger partial charge in [-0.3, -0.25) is 0 Å². The van der Waals surface area contributed by atoms with Gasteiger partial charge in [0, 0.05) is 28.6 Å². The van der Waals surface area contributed by atoms with Crippen molar-refractivity contribution in [3.63, 3.8) is 0 Å². The van der Waals surface area contributed by atoms with E-state index in [1.807, 2.05) is 66.7 Å². The lowest BCUT2D eigenvalue weighted by atomic mass is 10.1. The fraction of sp³-hybridized carbons (Fsp3) is 0.154. The Kier molecular flexibility index (Phi) is 7.10. The highest BCUT2D eigenvalue weighted by Gasteiger charge is 2.09. The molecule has 0 amide bonds. The lowest BCUT2D eigenvalue weighted by Gasteiger charge is -2.15. The summed E-state index contributed by atoms with van der Waals surface area (Å²) in [4.78, 5) is 2.19. The molecule has 0 radical (unpaired) electrons. The molecule has 31 heavy (non-hydrogen) atoms. The summed E-state index contributed by atoms with van der Waals surface area (Å²) in [5, 5.41) is 16.0. The normalized spacial score (nSPS) is 12.0. The van der Waals surface area contributed by atoms with Gasteiger partial charge >= 0.3 is 0 Å². The van der Waals surface area contributed by atoms with Gasteiger partial charge in [-0.25, -0.2) is 0 Å². The summed E-state index contributed by atoms with van der Waals surface area (Å²) in [5.41, 5.74) is 8.03. The monoisotopic (exact) mass is 430 g/mol. The summed E-state index contributed by atoms with van der Waals surface area (Å²) < 4.78 is 5.79. The van der Waals surface area contributed by atoms with Crippen molar-refractivity contribution in [2.75, 3.05) is 18.9 Å². The summed E-state index contributed by atoms with van der Waals surface area (Å²) in [6.07, 6.45) is -0.601.